The molecule has 0 aliphatic rings. The Morgan fingerprint density at radius 1 is 1.14 bits per heavy atom. The van der Waals surface area contributed by atoms with Crippen LogP contribution in [0.2, 0.25) is 0 Å². The molecule has 1 aromatic heterocycles. The smallest absolute Gasteiger partial charge is 0.335 e. The standard InChI is InChI=1S/C22H24O6S/c1-3-4-5-6-7-10-27-19-13-15(29(2)26)12-17-20(23)16-11-14(22(24)25)8-9-18(16)28-21(17)19/h8-9,11-13H,3-7,10H2,1-2H3,(H,24,25). The molecular weight excluding hydrogens is 392 g/mol. The van der Waals surface area contributed by atoms with Crippen molar-refractivity contribution < 1.29 is 23.6 Å². The fourth-order valence-electron chi connectivity index (χ4n) is 3.20. The van der Waals surface area contributed by atoms with Crippen LogP contribution in [0.1, 0.15) is 49.4 Å². The highest BCUT2D eigenvalue weighted by Crippen LogP contribution is 2.31. The van der Waals surface area contributed by atoms with E-state index in [9.17, 15) is 19.2 Å². The molecule has 1 heterocycles. The molecule has 29 heavy (non-hydrogen) atoms. The van der Waals surface area contributed by atoms with Crippen molar-refractivity contribution in [2.75, 3.05) is 12.9 Å². The van der Waals surface area contributed by atoms with E-state index < -0.39 is 17.1 Å². The van der Waals surface area contributed by atoms with Crippen molar-refractivity contribution in [3.63, 3.8) is 0 Å². The van der Waals surface area contributed by atoms with Crippen LogP contribution < -0.4 is 10.2 Å². The summed E-state index contributed by atoms with van der Waals surface area (Å²) >= 11 is -1.32. The number of carboxylic acid groups (broad SMARTS) is 1. The average molecular weight is 416 g/mol. The third-order valence-electron chi connectivity index (χ3n) is 4.79. The first-order valence-corrected chi connectivity index (χ1v) is 11.2. The zero-order valence-electron chi connectivity index (χ0n) is 16.5. The largest absolute Gasteiger partial charge is 0.612 e. The van der Waals surface area contributed by atoms with E-state index in [1.165, 1.54) is 36.9 Å². The van der Waals surface area contributed by atoms with E-state index in [2.05, 4.69) is 6.92 Å². The normalized spacial score (nSPS) is 12.4. The molecule has 3 aromatic rings. The number of unbranched alkanes of at least 4 members (excludes halogenated alkanes) is 4. The maximum atomic E-state index is 13.0. The highest BCUT2D eigenvalue weighted by atomic mass is 32.2. The Morgan fingerprint density at radius 3 is 2.59 bits per heavy atom. The summed E-state index contributed by atoms with van der Waals surface area (Å²) in [5, 5.41) is 9.59. The highest BCUT2D eigenvalue weighted by Gasteiger charge is 2.18. The summed E-state index contributed by atoms with van der Waals surface area (Å²) in [5.74, 6) is -0.744. The van der Waals surface area contributed by atoms with Crippen molar-refractivity contribution in [2.24, 2.45) is 0 Å². The van der Waals surface area contributed by atoms with Gasteiger partial charge in [-0.05, 0) is 35.8 Å². The summed E-state index contributed by atoms with van der Waals surface area (Å²) in [5.41, 5.74) is 0.200. The molecule has 7 heteroatoms. The minimum atomic E-state index is -1.32. The molecule has 0 radical (unpaired) electrons. The van der Waals surface area contributed by atoms with Crippen LogP contribution in [0.5, 0.6) is 5.75 Å². The van der Waals surface area contributed by atoms with Crippen LogP contribution in [0.25, 0.3) is 21.9 Å². The summed E-state index contributed by atoms with van der Waals surface area (Å²) in [6, 6.07) is 7.33. The number of ether oxygens (including phenoxy) is 1. The number of aromatic carboxylic acids is 1. The fourth-order valence-corrected chi connectivity index (χ4v) is 3.75. The van der Waals surface area contributed by atoms with Crippen molar-refractivity contribution in [1.29, 1.82) is 0 Å². The molecule has 0 aliphatic carbocycles. The van der Waals surface area contributed by atoms with Gasteiger partial charge < -0.3 is 18.8 Å². The Morgan fingerprint density at radius 2 is 1.90 bits per heavy atom. The van der Waals surface area contributed by atoms with Crippen LogP contribution in [-0.4, -0.2) is 28.5 Å². The van der Waals surface area contributed by atoms with Gasteiger partial charge in [0, 0.05) is 12.1 Å². The Labute approximate surface area is 171 Å². The van der Waals surface area contributed by atoms with Gasteiger partial charge in [0.25, 0.3) is 0 Å². The topological polar surface area (TPSA) is 99.8 Å². The zero-order chi connectivity index (χ0) is 21.0. The second-order valence-corrected chi connectivity index (χ2v) is 8.34. The molecule has 6 nitrogen and oxygen atoms in total. The molecule has 2 aromatic carbocycles. The first-order valence-electron chi connectivity index (χ1n) is 9.66. The summed E-state index contributed by atoms with van der Waals surface area (Å²) < 4.78 is 23.9. The van der Waals surface area contributed by atoms with E-state index >= 15 is 0 Å². The number of rotatable bonds is 9. The lowest BCUT2D eigenvalue weighted by atomic mass is 10.1. The zero-order valence-corrected chi connectivity index (χ0v) is 17.3. The maximum absolute atomic E-state index is 13.0. The van der Waals surface area contributed by atoms with Gasteiger partial charge in [0.1, 0.15) is 11.8 Å². The molecule has 0 amide bonds. The van der Waals surface area contributed by atoms with Gasteiger partial charge in [-0.15, -0.1) is 0 Å². The average Bonchev–Trinajstić information content (AvgIpc) is 2.70. The van der Waals surface area contributed by atoms with E-state index in [-0.39, 0.29) is 32.9 Å². The van der Waals surface area contributed by atoms with Crippen LogP contribution in [0.15, 0.2) is 44.4 Å². The molecule has 3 rings (SSSR count). The minimum absolute atomic E-state index is 0.00271. The van der Waals surface area contributed by atoms with Crippen LogP contribution in [0.3, 0.4) is 0 Å². The lowest BCUT2D eigenvalue weighted by Crippen LogP contribution is -2.08. The molecule has 0 saturated carbocycles. The molecular formula is C22H24O6S. The van der Waals surface area contributed by atoms with Crippen molar-refractivity contribution in [2.45, 2.75) is 43.9 Å². The molecule has 0 bridgehead atoms. The Balaban J connectivity index is 2.05. The van der Waals surface area contributed by atoms with Gasteiger partial charge in [-0.25, -0.2) is 4.79 Å². The Kier molecular flexibility index (Phi) is 6.82. The van der Waals surface area contributed by atoms with Gasteiger partial charge >= 0.3 is 5.97 Å². The summed E-state index contributed by atoms with van der Waals surface area (Å²) in [7, 11) is 0. The van der Waals surface area contributed by atoms with Crippen LogP contribution in [0.4, 0.5) is 0 Å². The maximum Gasteiger partial charge on any atom is 0.335 e. The Hall–Kier alpha value is -2.51. The quantitative estimate of drug-likeness (QED) is 0.307. The van der Waals surface area contributed by atoms with E-state index in [4.69, 9.17) is 9.15 Å². The van der Waals surface area contributed by atoms with Crippen LogP contribution in [0, 0.1) is 0 Å². The fraction of sp³-hybridized carbons (Fsp3) is 0.364. The van der Waals surface area contributed by atoms with Crippen molar-refractivity contribution in [3.8, 4) is 5.75 Å². The lowest BCUT2D eigenvalue weighted by Gasteiger charge is -2.12. The van der Waals surface area contributed by atoms with Crippen LogP contribution in [-0.2, 0) is 11.2 Å². The third kappa shape index (κ3) is 4.74. The third-order valence-corrected chi connectivity index (χ3v) is 5.69. The van der Waals surface area contributed by atoms with Crippen LogP contribution >= 0.6 is 0 Å². The first kappa shape index (κ1) is 21.2. The van der Waals surface area contributed by atoms with E-state index in [0.717, 1.165) is 25.7 Å². The number of fused-ring (bicyclic) bond motifs is 2. The number of hydrogen-bond acceptors (Lipinski definition) is 5. The molecule has 1 N–H and O–H groups in total. The SMILES string of the molecule is CCCCCCCOc1cc([S+](C)[O-])cc2c(=O)c3cc(C(=O)O)ccc3oc12. The number of benzene rings is 2. The van der Waals surface area contributed by atoms with Crippen molar-refractivity contribution in [3.05, 3.63) is 46.1 Å². The second kappa shape index (κ2) is 9.33. The number of carbonyl (C=O) groups is 1. The first-order chi connectivity index (χ1) is 13.9. The van der Waals surface area contributed by atoms with E-state index in [1.807, 2.05) is 0 Å². The summed E-state index contributed by atoms with van der Waals surface area (Å²) in [4.78, 5) is 24.7. The molecule has 0 spiro atoms. The molecule has 1 atom stereocenters. The van der Waals surface area contributed by atoms with Crippen molar-refractivity contribution in [1.82, 2.24) is 0 Å². The van der Waals surface area contributed by atoms with Gasteiger partial charge in [0.2, 0.25) is 5.43 Å². The molecule has 0 fully saturated rings. The number of hydrogen-bond donors (Lipinski definition) is 1. The summed E-state index contributed by atoms with van der Waals surface area (Å²) in [6.07, 6.45) is 6.95. The van der Waals surface area contributed by atoms with Gasteiger partial charge in [-0.3, -0.25) is 4.79 Å². The van der Waals surface area contributed by atoms with Gasteiger partial charge in [0.05, 0.1) is 22.9 Å². The van der Waals surface area contributed by atoms with Gasteiger partial charge in [-0.1, -0.05) is 32.6 Å². The number of carboxylic acids is 1. The lowest BCUT2D eigenvalue weighted by molar-refractivity contribution is 0.0697. The monoisotopic (exact) mass is 416 g/mol. The van der Waals surface area contributed by atoms with Gasteiger partial charge in [0.15, 0.2) is 16.2 Å². The highest BCUT2D eigenvalue weighted by molar-refractivity contribution is 7.90. The van der Waals surface area contributed by atoms with E-state index in [0.29, 0.717) is 17.3 Å². The second-order valence-electron chi connectivity index (χ2n) is 6.96. The molecule has 154 valence electrons. The van der Waals surface area contributed by atoms with Crippen molar-refractivity contribution >= 4 is 39.1 Å². The molecule has 0 saturated heterocycles. The minimum Gasteiger partial charge on any atom is -0.612 e. The molecule has 1 unspecified atom stereocenters. The van der Waals surface area contributed by atoms with Gasteiger partial charge in [-0.2, -0.15) is 0 Å². The predicted molar refractivity (Wildman–Crippen MR) is 114 cm³/mol. The predicted octanol–water partition coefficient (Wildman–Crippen LogP) is 4.73. The van der Waals surface area contributed by atoms with E-state index in [1.54, 1.807) is 6.07 Å². The molecule has 0 aliphatic heterocycles. The summed E-state index contributed by atoms with van der Waals surface area (Å²) in [6.45, 7) is 2.63. The Bertz CT molecular complexity index is 1090.